The van der Waals surface area contributed by atoms with E-state index >= 15 is 0 Å². The Morgan fingerprint density at radius 1 is 1.04 bits per heavy atom. The molecule has 5 heteroatoms. The first-order chi connectivity index (χ1) is 13.3. The molecule has 1 atom stereocenters. The minimum absolute atomic E-state index is 0.00844. The molecular formula is C23H21BrFNO2. The Hall–Kier alpha value is -2.27. The summed E-state index contributed by atoms with van der Waals surface area (Å²) < 4.78 is 15.5. The summed E-state index contributed by atoms with van der Waals surface area (Å²) in [7, 11) is 0. The number of benzene rings is 2. The van der Waals surface area contributed by atoms with Crippen LogP contribution >= 0.6 is 15.9 Å². The minimum Gasteiger partial charge on any atom is -0.294 e. The molecule has 28 heavy (non-hydrogen) atoms. The lowest BCUT2D eigenvalue weighted by molar-refractivity contribution is -0.121. The molecule has 3 nitrogen and oxygen atoms in total. The summed E-state index contributed by atoms with van der Waals surface area (Å²) in [6, 6.07) is 13.9. The van der Waals surface area contributed by atoms with Gasteiger partial charge in [-0.25, -0.2) is 4.39 Å². The smallest absolute Gasteiger partial charge is 0.232 e. The number of halogens is 2. The van der Waals surface area contributed by atoms with Crippen molar-refractivity contribution in [3.63, 3.8) is 0 Å². The molecule has 1 unspecified atom stereocenters. The zero-order valence-corrected chi connectivity index (χ0v) is 17.4. The number of amides is 1. The van der Waals surface area contributed by atoms with Crippen LogP contribution in [0.4, 0.5) is 10.1 Å². The van der Waals surface area contributed by atoms with Gasteiger partial charge in [0, 0.05) is 40.2 Å². The molecule has 144 valence electrons. The standard InChI is InChI=1S/C23H21BrFNO2/c1-23(2)12-19-22(20(27)13-23)17(16-5-3-4-6-18(16)25)11-21(28)26(19)15-9-7-14(24)8-10-15/h3-10,17H,11-13H2,1-2H3. The van der Waals surface area contributed by atoms with Crippen molar-refractivity contribution in [3.8, 4) is 0 Å². The Kier molecular flexibility index (Phi) is 4.74. The van der Waals surface area contributed by atoms with Crippen molar-refractivity contribution in [2.75, 3.05) is 4.90 Å². The van der Waals surface area contributed by atoms with Crippen LogP contribution in [0.15, 0.2) is 64.3 Å². The van der Waals surface area contributed by atoms with Gasteiger partial charge in [0.25, 0.3) is 0 Å². The van der Waals surface area contributed by atoms with Gasteiger partial charge in [0.15, 0.2) is 5.78 Å². The molecule has 0 saturated heterocycles. The summed E-state index contributed by atoms with van der Waals surface area (Å²) in [5.74, 6) is -1.00. The van der Waals surface area contributed by atoms with E-state index in [0.29, 0.717) is 29.7 Å². The van der Waals surface area contributed by atoms with Crippen molar-refractivity contribution in [1.82, 2.24) is 0 Å². The topological polar surface area (TPSA) is 37.4 Å². The third-order valence-corrected chi connectivity index (χ3v) is 6.04. The zero-order valence-electron chi connectivity index (χ0n) is 15.8. The number of ketones is 1. The number of allylic oxidation sites excluding steroid dienone is 2. The number of anilines is 1. The first kappa shape index (κ1) is 19.1. The Morgan fingerprint density at radius 2 is 1.71 bits per heavy atom. The highest BCUT2D eigenvalue weighted by Crippen LogP contribution is 2.48. The van der Waals surface area contributed by atoms with Crippen molar-refractivity contribution in [2.45, 2.75) is 39.0 Å². The lowest BCUT2D eigenvalue weighted by Crippen LogP contribution is -2.43. The zero-order chi connectivity index (χ0) is 20.1. The number of hydrogen-bond acceptors (Lipinski definition) is 2. The monoisotopic (exact) mass is 441 g/mol. The fourth-order valence-corrected chi connectivity index (χ4v) is 4.59. The Labute approximate surface area is 172 Å². The van der Waals surface area contributed by atoms with Crippen molar-refractivity contribution < 1.29 is 14.0 Å². The lowest BCUT2D eigenvalue weighted by Gasteiger charge is -2.43. The molecule has 2 aromatic rings. The Balaban J connectivity index is 1.91. The van der Waals surface area contributed by atoms with E-state index in [1.54, 1.807) is 23.1 Å². The van der Waals surface area contributed by atoms with Gasteiger partial charge in [0.2, 0.25) is 5.91 Å². The molecule has 0 radical (unpaired) electrons. The summed E-state index contributed by atoms with van der Waals surface area (Å²) in [6.45, 7) is 4.07. The van der Waals surface area contributed by atoms with Crippen LogP contribution in [0, 0.1) is 11.2 Å². The van der Waals surface area contributed by atoms with E-state index < -0.39 is 5.92 Å². The molecule has 0 saturated carbocycles. The van der Waals surface area contributed by atoms with Crippen LogP contribution in [0.5, 0.6) is 0 Å². The fourth-order valence-electron chi connectivity index (χ4n) is 4.33. The average molecular weight is 442 g/mol. The van der Waals surface area contributed by atoms with Crippen LogP contribution in [-0.2, 0) is 9.59 Å². The molecule has 0 bridgehead atoms. The molecule has 1 aliphatic heterocycles. The Morgan fingerprint density at radius 3 is 2.39 bits per heavy atom. The van der Waals surface area contributed by atoms with Crippen molar-refractivity contribution in [2.24, 2.45) is 5.41 Å². The quantitative estimate of drug-likeness (QED) is 0.594. The van der Waals surface area contributed by atoms with E-state index in [-0.39, 0.29) is 29.3 Å². The second-order valence-corrected chi connectivity index (χ2v) is 9.20. The average Bonchev–Trinajstić information content (AvgIpc) is 2.61. The molecule has 0 aromatic heterocycles. The second-order valence-electron chi connectivity index (χ2n) is 8.29. The van der Waals surface area contributed by atoms with Gasteiger partial charge in [-0.2, -0.15) is 0 Å². The molecule has 2 aliphatic rings. The summed E-state index contributed by atoms with van der Waals surface area (Å²) in [5, 5.41) is 0. The highest BCUT2D eigenvalue weighted by molar-refractivity contribution is 9.10. The number of rotatable bonds is 2. The first-order valence-corrected chi connectivity index (χ1v) is 10.2. The third-order valence-electron chi connectivity index (χ3n) is 5.51. The predicted molar refractivity (Wildman–Crippen MR) is 110 cm³/mol. The molecule has 1 aliphatic carbocycles. The SMILES string of the molecule is CC1(C)CC(=O)C2=C(C1)N(c1ccc(Br)cc1)C(=O)CC2c1ccccc1F. The molecule has 4 rings (SSSR count). The predicted octanol–water partition coefficient (Wildman–Crippen LogP) is 5.75. The van der Waals surface area contributed by atoms with E-state index in [4.69, 9.17) is 0 Å². The van der Waals surface area contributed by atoms with Crippen LogP contribution in [0.25, 0.3) is 0 Å². The summed E-state index contributed by atoms with van der Waals surface area (Å²) >= 11 is 3.42. The number of hydrogen-bond donors (Lipinski definition) is 0. The van der Waals surface area contributed by atoms with Gasteiger partial charge in [0.1, 0.15) is 5.82 Å². The number of carbonyl (C=O) groups excluding carboxylic acids is 2. The van der Waals surface area contributed by atoms with Crippen LogP contribution < -0.4 is 4.90 Å². The van der Waals surface area contributed by atoms with E-state index in [1.165, 1.54) is 6.07 Å². The molecule has 0 fully saturated rings. The molecule has 2 aromatic carbocycles. The minimum atomic E-state index is -0.529. The van der Waals surface area contributed by atoms with E-state index in [1.807, 2.05) is 38.1 Å². The maximum Gasteiger partial charge on any atom is 0.232 e. The van der Waals surface area contributed by atoms with Crippen LogP contribution in [-0.4, -0.2) is 11.7 Å². The van der Waals surface area contributed by atoms with Crippen molar-refractivity contribution in [3.05, 3.63) is 75.7 Å². The molecular weight excluding hydrogens is 421 g/mol. The Bertz CT molecular complexity index is 994. The number of carbonyl (C=O) groups is 2. The van der Waals surface area contributed by atoms with Gasteiger partial charge in [-0.3, -0.25) is 14.5 Å². The molecule has 1 heterocycles. The van der Waals surface area contributed by atoms with Crippen molar-refractivity contribution in [1.29, 1.82) is 0 Å². The molecule has 0 N–H and O–H groups in total. The van der Waals surface area contributed by atoms with Gasteiger partial charge < -0.3 is 0 Å². The van der Waals surface area contributed by atoms with Gasteiger partial charge in [-0.15, -0.1) is 0 Å². The van der Waals surface area contributed by atoms with Crippen LogP contribution in [0.2, 0.25) is 0 Å². The maximum atomic E-state index is 14.5. The molecule has 0 spiro atoms. The van der Waals surface area contributed by atoms with Crippen molar-refractivity contribution >= 4 is 33.3 Å². The summed E-state index contributed by atoms with van der Waals surface area (Å²) in [4.78, 5) is 28.0. The van der Waals surface area contributed by atoms with Crippen LogP contribution in [0.1, 0.15) is 44.6 Å². The summed E-state index contributed by atoms with van der Waals surface area (Å²) in [6.07, 6.45) is 1.09. The maximum absolute atomic E-state index is 14.5. The van der Waals surface area contributed by atoms with E-state index in [0.717, 1.165) is 10.2 Å². The first-order valence-electron chi connectivity index (χ1n) is 9.36. The third kappa shape index (κ3) is 3.32. The summed E-state index contributed by atoms with van der Waals surface area (Å²) in [5.41, 5.74) is 2.21. The highest BCUT2D eigenvalue weighted by atomic mass is 79.9. The fraction of sp³-hybridized carbons (Fsp3) is 0.304. The second kappa shape index (κ2) is 6.96. The van der Waals surface area contributed by atoms with E-state index in [2.05, 4.69) is 15.9 Å². The lowest BCUT2D eigenvalue weighted by atomic mass is 9.69. The van der Waals surface area contributed by atoms with E-state index in [9.17, 15) is 14.0 Å². The normalized spacial score (nSPS) is 21.7. The number of nitrogens with zero attached hydrogens (tertiary/aromatic N) is 1. The van der Waals surface area contributed by atoms with Gasteiger partial charge in [-0.1, -0.05) is 48.0 Å². The van der Waals surface area contributed by atoms with Gasteiger partial charge in [-0.05, 0) is 47.7 Å². The highest BCUT2D eigenvalue weighted by Gasteiger charge is 2.44. The van der Waals surface area contributed by atoms with Gasteiger partial charge >= 0.3 is 0 Å². The van der Waals surface area contributed by atoms with Crippen LogP contribution in [0.3, 0.4) is 0 Å². The molecule has 1 amide bonds. The van der Waals surface area contributed by atoms with Gasteiger partial charge in [0.05, 0.1) is 0 Å². The largest absolute Gasteiger partial charge is 0.294 e. The number of Topliss-reactive ketones (excluding diaryl/α,β-unsaturated/α-hetero) is 1.